The Labute approximate surface area is 136 Å². The predicted molar refractivity (Wildman–Crippen MR) is 83.7 cm³/mol. The summed E-state index contributed by atoms with van der Waals surface area (Å²) in [6.45, 7) is 5.80. The van der Waals surface area contributed by atoms with Crippen LogP contribution in [-0.4, -0.2) is 65.0 Å². The summed E-state index contributed by atoms with van der Waals surface area (Å²) in [7, 11) is 0. The van der Waals surface area contributed by atoms with Crippen molar-refractivity contribution in [2.75, 3.05) is 32.8 Å². The van der Waals surface area contributed by atoms with E-state index in [2.05, 4.69) is 36.0 Å². The molecule has 0 aromatic carbocycles. The van der Waals surface area contributed by atoms with Gasteiger partial charge in [0.15, 0.2) is 5.65 Å². The minimum Gasteiger partial charge on any atom is -0.458 e. The molecule has 1 aliphatic rings. The lowest BCUT2D eigenvalue weighted by Crippen LogP contribution is -2.41. The lowest BCUT2D eigenvalue weighted by atomic mass is 10.2. The molecule has 1 fully saturated rings. The van der Waals surface area contributed by atoms with Crippen LogP contribution < -0.4 is 0 Å². The number of aromatic amines is 1. The second kappa shape index (κ2) is 6.72. The van der Waals surface area contributed by atoms with Crippen molar-refractivity contribution in [2.24, 2.45) is 0 Å². The zero-order valence-electron chi connectivity index (χ0n) is 12.2. The summed E-state index contributed by atoms with van der Waals surface area (Å²) in [6.07, 6.45) is 1.39. The van der Waals surface area contributed by atoms with Gasteiger partial charge < -0.3 is 9.47 Å². The van der Waals surface area contributed by atoms with Crippen LogP contribution in [0, 0.1) is 0 Å². The van der Waals surface area contributed by atoms with Crippen LogP contribution in [0.4, 0.5) is 0 Å². The molecule has 0 aliphatic carbocycles. The Balaban J connectivity index is 1.68. The third-order valence-corrected chi connectivity index (χ3v) is 3.94. The van der Waals surface area contributed by atoms with E-state index in [0.717, 1.165) is 26.3 Å². The van der Waals surface area contributed by atoms with E-state index in [0.29, 0.717) is 27.7 Å². The molecule has 3 heterocycles. The van der Waals surface area contributed by atoms with Crippen molar-refractivity contribution in [3.05, 3.63) is 22.4 Å². The van der Waals surface area contributed by atoms with Crippen molar-refractivity contribution in [1.29, 1.82) is 0 Å². The van der Waals surface area contributed by atoms with Gasteiger partial charge in [-0.3, -0.25) is 10.00 Å². The Bertz CT molecular complexity index is 669. The van der Waals surface area contributed by atoms with Gasteiger partial charge in [0.05, 0.1) is 30.4 Å². The van der Waals surface area contributed by atoms with Gasteiger partial charge in [-0.15, -0.1) is 0 Å². The third kappa shape index (κ3) is 3.45. The lowest BCUT2D eigenvalue weighted by molar-refractivity contribution is 0.000552. The van der Waals surface area contributed by atoms with E-state index in [1.165, 1.54) is 0 Å². The quantitative estimate of drug-likeness (QED) is 0.652. The second-order valence-electron chi connectivity index (χ2n) is 5.25. The average Bonchev–Trinajstić information content (AvgIpc) is 2.95. The van der Waals surface area contributed by atoms with Gasteiger partial charge >= 0.3 is 5.97 Å². The molecule has 118 valence electrons. The zero-order chi connectivity index (χ0) is 15.5. The molecule has 22 heavy (non-hydrogen) atoms. The Hall–Kier alpha value is -1.51. The first-order valence-corrected chi connectivity index (χ1v) is 7.93. The number of morpholine rings is 1. The highest BCUT2D eigenvalue weighted by Gasteiger charge is 2.20. The van der Waals surface area contributed by atoms with E-state index in [4.69, 9.17) is 9.47 Å². The van der Waals surface area contributed by atoms with E-state index in [-0.39, 0.29) is 12.1 Å². The number of hydrogen-bond acceptors (Lipinski definition) is 6. The molecule has 0 amide bonds. The number of ether oxygens (including phenoxy) is 2. The third-order valence-electron chi connectivity index (χ3n) is 3.54. The first kappa shape index (κ1) is 15.4. The molecule has 1 atom stereocenters. The molecular formula is C14H17BrN4O3. The van der Waals surface area contributed by atoms with Crippen molar-refractivity contribution >= 4 is 32.9 Å². The Morgan fingerprint density at radius 2 is 2.32 bits per heavy atom. The van der Waals surface area contributed by atoms with E-state index < -0.39 is 0 Å². The monoisotopic (exact) mass is 368 g/mol. The number of aromatic nitrogens is 3. The summed E-state index contributed by atoms with van der Waals surface area (Å²) in [6, 6.07) is 1.65. The molecule has 0 radical (unpaired) electrons. The Morgan fingerprint density at radius 3 is 3.09 bits per heavy atom. The van der Waals surface area contributed by atoms with Gasteiger partial charge in [-0.1, -0.05) is 0 Å². The molecule has 0 spiro atoms. The molecule has 0 bridgehead atoms. The normalized spacial score (nSPS) is 17.5. The first-order valence-electron chi connectivity index (χ1n) is 7.14. The van der Waals surface area contributed by atoms with Crippen molar-refractivity contribution in [1.82, 2.24) is 20.1 Å². The van der Waals surface area contributed by atoms with Crippen LogP contribution in [0.3, 0.4) is 0 Å². The highest BCUT2D eigenvalue weighted by atomic mass is 79.9. The van der Waals surface area contributed by atoms with Crippen molar-refractivity contribution in [3.63, 3.8) is 0 Å². The molecule has 2 aromatic heterocycles. The maximum atomic E-state index is 12.4. The van der Waals surface area contributed by atoms with Crippen LogP contribution in [0.25, 0.3) is 11.0 Å². The molecule has 1 aliphatic heterocycles. The topological polar surface area (TPSA) is 80.3 Å². The van der Waals surface area contributed by atoms with E-state index in [9.17, 15) is 4.79 Å². The summed E-state index contributed by atoms with van der Waals surface area (Å²) in [5, 5.41) is 7.33. The maximum Gasteiger partial charge on any atom is 0.339 e. The van der Waals surface area contributed by atoms with Crippen LogP contribution >= 0.6 is 15.9 Å². The number of pyridine rings is 1. The number of hydrogen-bond donors (Lipinski definition) is 1. The van der Waals surface area contributed by atoms with Crippen LogP contribution in [0.15, 0.2) is 16.9 Å². The molecule has 7 nitrogen and oxygen atoms in total. The molecule has 1 unspecified atom stereocenters. The van der Waals surface area contributed by atoms with Crippen LogP contribution in [0.2, 0.25) is 0 Å². The van der Waals surface area contributed by atoms with Gasteiger partial charge in [0.2, 0.25) is 0 Å². The molecule has 8 heteroatoms. The van der Waals surface area contributed by atoms with Crippen molar-refractivity contribution in [3.8, 4) is 0 Å². The number of H-pyrrole nitrogens is 1. The first-order chi connectivity index (χ1) is 10.6. The highest BCUT2D eigenvalue weighted by molar-refractivity contribution is 9.10. The Morgan fingerprint density at radius 1 is 1.55 bits per heavy atom. The lowest BCUT2D eigenvalue weighted by Gasteiger charge is -2.28. The van der Waals surface area contributed by atoms with Crippen LogP contribution in [0.5, 0.6) is 0 Å². The number of rotatable bonds is 4. The fraction of sp³-hybridized carbons (Fsp3) is 0.500. The van der Waals surface area contributed by atoms with Crippen LogP contribution in [-0.2, 0) is 9.47 Å². The smallest absolute Gasteiger partial charge is 0.339 e. The van der Waals surface area contributed by atoms with E-state index in [1.807, 2.05) is 6.92 Å². The van der Waals surface area contributed by atoms with E-state index in [1.54, 1.807) is 12.3 Å². The number of nitrogens with zero attached hydrogens (tertiary/aromatic N) is 3. The number of nitrogens with one attached hydrogen (secondary N) is 1. The maximum absolute atomic E-state index is 12.4. The number of esters is 1. The highest BCUT2D eigenvalue weighted by Crippen LogP contribution is 2.20. The Kier molecular flexibility index (Phi) is 4.70. The fourth-order valence-electron chi connectivity index (χ4n) is 2.50. The number of halogens is 1. The standard InChI is InChI=1S/C14H17BrN4O3/c1-9(8-19-2-4-21-5-3-19)22-14(20)10-6-12(15)17-13-11(10)7-16-18-13/h6-7,9H,2-5,8H2,1H3,(H,16,17,18). The molecule has 1 saturated heterocycles. The van der Waals surface area contributed by atoms with Crippen molar-refractivity contribution < 1.29 is 14.3 Å². The van der Waals surface area contributed by atoms with Crippen LogP contribution in [0.1, 0.15) is 17.3 Å². The summed E-state index contributed by atoms with van der Waals surface area (Å²) >= 11 is 3.29. The van der Waals surface area contributed by atoms with Gasteiger partial charge in [-0.25, -0.2) is 9.78 Å². The zero-order valence-corrected chi connectivity index (χ0v) is 13.8. The SMILES string of the molecule is CC(CN1CCOCC1)OC(=O)c1cc(Br)nc2[nH]ncc12. The summed E-state index contributed by atoms with van der Waals surface area (Å²) in [5.41, 5.74) is 1.02. The molecule has 2 aromatic rings. The minimum atomic E-state index is -0.366. The minimum absolute atomic E-state index is 0.195. The second-order valence-corrected chi connectivity index (χ2v) is 6.07. The largest absolute Gasteiger partial charge is 0.458 e. The summed E-state index contributed by atoms with van der Waals surface area (Å²) in [5.74, 6) is -0.366. The number of fused-ring (bicyclic) bond motifs is 1. The van der Waals surface area contributed by atoms with Crippen molar-refractivity contribution in [2.45, 2.75) is 13.0 Å². The summed E-state index contributed by atoms with van der Waals surface area (Å²) < 4.78 is 11.4. The van der Waals surface area contributed by atoms with E-state index >= 15 is 0 Å². The van der Waals surface area contributed by atoms with Gasteiger partial charge in [0.25, 0.3) is 0 Å². The fourth-order valence-corrected chi connectivity index (χ4v) is 2.90. The van der Waals surface area contributed by atoms with Gasteiger partial charge in [0.1, 0.15) is 10.7 Å². The van der Waals surface area contributed by atoms with Gasteiger partial charge in [-0.2, -0.15) is 5.10 Å². The predicted octanol–water partition coefficient (Wildman–Crippen LogP) is 1.60. The average molecular weight is 369 g/mol. The van der Waals surface area contributed by atoms with Gasteiger partial charge in [-0.05, 0) is 28.9 Å². The summed E-state index contributed by atoms with van der Waals surface area (Å²) in [4.78, 5) is 18.9. The molecule has 1 N–H and O–H groups in total. The number of carbonyl (C=O) groups is 1. The van der Waals surface area contributed by atoms with Gasteiger partial charge in [0, 0.05) is 19.6 Å². The molecule has 3 rings (SSSR count). The number of carbonyl (C=O) groups excluding carboxylic acids is 1. The molecule has 0 saturated carbocycles. The molecular weight excluding hydrogens is 352 g/mol.